The first-order valence-corrected chi connectivity index (χ1v) is 7.44. The second-order valence-corrected chi connectivity index (χ2v) is 6.05. The summed E-state index contributed by atoms with van der Waals surface area (Å²) in [6.45, 7) is 0.548. The van der Waals surface area contributed by atoms with Gasteiger partial charge >= 0.3 is 5.97 Å². The Bertz CT molecular complexity index is 563. The van der Waals surface area contributed by atoms with Gasteiger partial charge in [-0.05, 0) is 49.8 Å². The minimum atomic E-state index is -0.892. The fraction of sp³-hybridized carbons (Fsp3) is 0.500. The number of carboxylic acids is 1. The quantitative estimate of drug-likeness (QED) is 0.830. The van der Waals surface area contributed by atoms with Gasteiger partial charge in [-0.1, -0.05) is 12.1 Å². The van der Waals surface area contributed by atoms with Crippen LogP contribution in [-0.4, -0.2) is 34.5 Å². The van der Waals surface area contributed by atoms with Crippen LogP contribution in [0.5, 0.6) is 0 Å². The molecule has 2 aliphatic rings. The largest absolute Gasteiger partial charge is 0.480 e. The van der Waals surface area contributed by atoms with Crippen molar-refractivity contribution in [1.29, 1.82) is 0 Å². The van der Waals surface area contributed by atoms with E-state index in [1.165, 1.54) is 0 Å². The molecule has 0 aromatic heterocycles. The zero-order chi connectivity index (χ0) is 15.0. The lowest BCUT2D eigenvalue weighted by molar-refractivity contribution is -0.153. The molecule has 2 fully saturated rings. The molecule has 1 aliphatic carbocycles. The summed E-state index contributed by atoms with van der Waals surface area (Å²) in [4.78, 5) is 25.9. The molecule has 3 rings (SSSR count). The van der Waals surface area contributed by atoms with Crippen LogP contribution >= 0.6 is 0 Å². The summed E-state index contributed by atoms with van der Waals surface area (Å²) >= 11 is 0. The van der Waals surface area contributed by atoms with Crippen molar-refractivity contribution in [2.75, 3.05) is 12.3 Å². The molecule has 1 atom stereocenters. The monoisotopic (exact) mass is 288 g/mol. The first-order chi connectivity index (χ1) is 10.0. The van der Waals surface area contributed by atoms with Crippen LogP contribution in [0.1, 0.15) is 37.7 Å². The van der Waals surface area contributed by atoms with Crippen molar-refractivity contribution in [3.63, 3.8) is 0 Å². The summed E-state index contributed by atoms with van der Waals surface area (Å²) in [7, 11) is 0. The Morgan fingerprint density at radius 2 is 1.86 bits per heavy atom. The standard InChI is InChI=1S/C16H20N2O3/c17-12-6-4-11(5-7-12)16(8-9-16)15(21)18-10-2-1-3-13(18)14(19)20/h4-7,13H,1-3,8-10,17H2,(H,19,20)/t13-/m1/s1. The van der Waals surface area contributed by atoms with Gasteiger partial charge in [0.15, 0.2) is 0 Å². The van der Waals surface area contributed by atoms with E-state index in [1.54, 1.807) is 17.0 Å². The average molecular weight is 288 g/mol. The first kappa shape index (κ1) is 13.9. The number of hydrogen-bond donors (Lipinski definition) is 2. The number of rotatable bonds is 3. The lowest BCUT2D eigenvalue weighted by Crippen LogP contribution is -2.51. The predicted octanol–water partition coefficient (Wildman–Crippen LogP) is 1.77. The van der Waals surface area contributed by atoms with Crippen LogP contribution in [-0.2, 0) is 15.0 Å². The van der Waals surface area contributed by atoms with Gasteiger partial charge in [0.25, 0.3) is 0 Å². The van der Waals surface area contributed by atoms with Crippen LogP contribution in [0.4, 0.5) is 5.69 Å². The van der Waals surface area contributed by atoms with Crippen molar-refractivity contribution >= 4 is 17.6 Å². The van der Waals surface area contributed by atoms with Crippen molar-refractivity contribution in [2.45, 2.75) is 43.6 Å². The van der Waals surface area contributed by atoms with Gasteiger partial charge in [-0.25, -0.2) is 4.79 Å². The first-order valence-electron chi connectivity index (χ1n) is 7.44. The van der Waals surface area contributed by atoms with Gasteiger partial charge in [-0.3, -0.25) is 4.79 Å². The summed E-state index contributed by atoms with van der Waals surface area (Å²) in [5.74, 6) is -0.921. The highest BCUT2D eigenvalue weighted by atomic mass is 16.4. The zero-order valence-corrected chi connectivity index (χ0v) is 11.9. The van der Waals surface area contributed by atoms with Gasteiger partial charge in [-0.15, -0.1) is 0 Å². The second-order valence-electron chi connectivity index (χ2n) is 6.05. The molecule has 0 bridgehead atoms. The van der Waals surface area contributed by atoms with Gasteiger partial charge in [0, 0.05) is 12.2 Å². The molecule has 3 N–H and O–H groups in total. The molecule has 112 valence electrons. The van der Waals surface area contributed by atoms with E-state index < -0.39 is 17.4 Å². The molecule has 5 heteroatoms. The van der Waals surface area contributed by atoms with Crippen LogP contribution in [0, 0.1) is 0 Å². The number of amides is 1. The van der Waals surface area contributed by atoms with Gasteiger partial charge in [-0.2, -0.15) is 0 Å². The summed E-state index contributed by atoms with van der Waals surface area (Å²) in [6, 6.07) is 6.71. The Balaban J connectivity index is 1.86. The smallest absolute Gasteiger partial charge is 0.326 e. The van der Waals surface area contributed by atoms with Crippen molar-refractivity contribution < 1.29 is 14.7 Å². The molecule has 0 unspecified atom stereocenters. The molecular weight excluding hydrogens is 268 g/mol. The van der Waals surface area contributed by atoms with E-state index >= 15 is 0 Å². The number of nitrogen functional groups attached to an aromatic ring is 1. The third-order valence-corrected chi connectivity index (χ3v) is 4.67. The number of hydrogen-bond acceptors (Lipinski definition) is 3. The molecule has 1 aromatic carbocycles. The molecule has 21 heavy (non-hydrogen) atoms. The highest BCUT2D eigenvalue weighted by Gasteiger charge is 2.54. The average Bonchev–Trinajstić information content (AvgIpc) is 3.29. The fourth-order valence-electron chi connectivity index (χ4n) is 3.26. The Morgan fingerprint density at radius 1 is 1.19 bits per heavy atom. The zero-order valence-electron chi connectivity index (χ0n) is 11.9. The molecule has 1 aromatic rings. The number of carboxylic acid groups (broad SMARTS) is 1. The molecule has 0 spiro atoms. The Labute approximate surface area is 123 Å². The van der Waals surface area contributed by atoms with Gasteiger partial charge in [0.2, 0.25) is 5.91 Å². The van der Waals surface area contributed by atoms with E-state index in [-0.39, 0.29) is 5.91 Å². The normalized spacial score (nSPS) is 23.6. The SMILES string of the molecule is Nc1ccc(C2(C(=O)N3CCCC[C@@H]3C(=O)O)CC2)cc1. The third-order valence-electron chi connectivity index (χ3n) is 4.67. The number of carbonyl (C=O) groups excluding carboxylic acids is 1. The maximum absolute atomic E-state index is 12.9. The van der Waals surface area contributed by atoms with Crippen molar-refractivity contribution in [3.8, 4) is 0 Å². The van der Waals surface area contributed by atoms with Gasteiger partial charge in [0.1, 0.15) is 6.04 Å². The minimum Gasteiger partial charge on any atom is -0.480 e. The number of aliphatic carboxylic acids is 1. The number of nitrogens with two attached hydrogens (primary N) is 1. The van der Waals surface area contributed by atoms with Gasteiger partial charge in [0.05, 0.1) is 5.41 Å². The molecule has 5 nitrogen and oxygen atoms in total. The Morgan fingerprint density at radius 3 is 2.43 bits per heavy atom. The van der Waals surface area contributed by atoms with Crippen LogP contribution in [0.15, 0.2) is 24.3 Å². The van der Waals surface area contributed by atoms with E-state index in [0.717, 1.165) is 31.2 Å². The molecule has 1 amide bonds. The fourth-order valence-corrected chi connectivity index (χ4v) is 3.26. The highest BCUT2D eigenvalue weighted by molar-refractivity contribution is 5.94. The summed E-state index contributed by atoms with van der Waals surface area (Å²) in [5.41, 5.74) is 6.81. The highest BCUT2D eigenvalue weighted by Crippen LogP contribution is 2.50. The number of benzene rings is 1. The lowest BCUT2D eigenvalue weighted by Gasteiger charge is -2.35. The third kappa shape index (κ3) is 2.37. The number of likely N-dealkylation sites (tertiary alicyclic amines) is 1. The number of anilines is 1. The minimum absolute atomic E-state index is 0.0284. The van der Waals surface area contributed by atoms with Crippen LogP contribution < -0.4 is 5.73 Å². The maximum atomic E-state index is 12.9. The molecular formula is C16H20N2O3. The Kier molecular flexibility index (Phi) is 3.35. The van der Waals surface area contributed by atoms with E-state index in [2.05, 4.69) is 0 Å². The van der Waals surface area contributed by atoms with Crippen LogP contribution in [0.3, 0.4) is 0 Å². The van der Waals surface area contributed by atoms with Gasteiger partial charge < -0.3 is 15.7 Å². The van der Waals surface area contributed by atoms with E-state index in [9.17, 15) is 14.7 Å². The number of piperidine rings is 1. The molecule has 0 radical (unpaired) electrons. The topological polar surface area (TPSA) is 83.6 Å². The molecule has 1 saturated heterocycles. The van der Waals surface area contributed by atoms with Crippen molar-refractivity contribution in [3.05, 3.63) is 29.8 Å². The molecule has 1 aliphatic heterocycles. The maximum Gasteiger partial charge on any atom is 0.326 e. The summed E-state index contributed by atoms with van der Waals surface area (Å²) in [6.07, 6.45) is 3.89. The second kappa shape index (κ2) is 5.06. The van der Waals surface area contributed by atoms with Crippen molar-refractivity contribution in [2.24, 2.45) is 0 Å². The number of nitrogens with zero attached hydrogens (tertiary/aromatic N) is 1. The summed E-state index contributed by atoms with van der Waals surface area (Å²) < 4.78 is 0. The predicted molar refractivity (Wildman–Crippen MR) is 78.8 cm³/mol. The van der Waals surface area contributed by atoms with E-state index in [0.29, 0.717) is 18.7 Å². The van der Waals surface area contributed by atoms with Crippen LogP contribution in [0.25, 0.3) is 0 Å². The van der Waals surface area contributed by atoms with Crippen molar-refractivity contribution in [1.82, 2.24) is 4.90 Å². The molecule has 1 saturated carbocycles. The molecule has 1 heterocycles. The summed E-state index contributed by atoms with van der Waals surface area (Å²) in [5, 5.41) is 9.34. The number of carbonyl (C=O) groups is 2. The van der Waals surface area contributed by atoms with E-state index in [4.69, 9.17) is 5.73 Å². The van der Waals surface area contributed by atoms with E-state index in [1.807, 2.05) is 12.1 Å². The lowest BCUT2D eigenvalue weighted by atomic mass is 9.91. The Hall–Kier alpha value is -2.04. The van der Waals surface area contributed by atoms with Crippen LogP contribution in [0.2, 0.25) is 0 Å².